The van der Waals surface area contributed by atoms with Crippen LogP contribution >= 0.6 is 0 Å². The summed E-state index contributed by atoms with van der Waals surface area (Å²) in [5.74, 6) is 12.2. The molecule has 0 amide bonds. The molecule has 12 heavy (non-hydrogen) atoms. The van der Waals surface area contributed by atoms with Crippen LogP contribution in [0.15, 0.2) is 0 Å². The molecule has 2 bridgehead atoms. The molecule has 4 unspecified atom stereocenters. The summed E-state index contributed by atoms with van der Waals surface area (Å²) >= 11 is 0. The average molecular weight is 160 g/mol. The van der Waals surface area contributed by atoms with Gasteiger partial charge in [-0.2, -0.15) is 0 Å². The van der Waals surface area contributed by atoms with E-state index < -0.39 is 0 Å². The molecular weight excluding hydrogens is 144 g/mol. The molecule has 6 fully saturated rings. The van der Waals surface area contributed by atoms with Gasteiger partial charge < -0.3 is 0 Å². The van der Waals surface area contributed by atoms with Crippen molar-refractivity contribution < 1.29 is 0 Å². The summed E-state index contributed by atoms with van der Waals surface area (Å²) in [5, 5.41) is 0. The fourth-order valence-corrected chi connectivity index (χ4v) is 6.47. The highest BCUT2D eigenvalue weighted by atomic mass is 14.9. The predicted molar refractivity (Wildman–Crippen MR) is 46.2 cm³/mol. The Bertz CT molecular complexity index is 244. The van der Waals surface area contributed by atoms with E-state index in [0.717, 1.165) is 11.8 Å². The van der Waals surface area contributed by atoms with Crippen molar-refractivity contribution in [3.8, 4) is 0 Å². The van der Waals surface area contributed by atoms with Gasteiger partial charge >= 0.3 is 0 Å². The molecule has 0 N–H and O–H groups in total. The fourth-order valence-electron chi connectivity index (χ4n) is 6.47. The quantitative estimate of drug-likeness (QED) is 0.510. The van der Waals surface area contributed by atoms with Crippen molar-refractivity contribution in [1.82, 2.24) is 0 Å². The van der Waals surface area contributed by atoms with E-state index in [4.69, 9.17) is 0 Å². The first kappa shape index (κ1) is 5.67. The van der Waals surface area contributed by atoms with Gasteiger partial charge in [0.05, 0.1) is 0 Å². The van der Waals surface area contributed by atoms with E-state index in [9.17, 15) is 0 Å². The predicted octanol–water partition coefficient (Wildman–Crippen LogP) is 2.26. The van der Waals surface area contributed by atoms with Gasteiger partial charge in [-0.3, -0.25) is 0 Å². The van der Waals surface area contributed by atoms with Crippen molar-refractivity contribution in [1.29, 1.82) is 0 Å². The fraction of sp³-hybridized carbons (Fsp3) is 1.00. The van der Waals surface area contributed by atoms with Crippen molar-refractivity contribution in [2.24, 2.45) is 59.2 Å². The van der Waals surface area contributed by atoms with E-state index in [2.05, 4.69) is 13.8 Å². The Balaban J connectivity index is 1.79. The van der Waals surface area contributed by atoms with Crippen LogP contribution in [-0.4, -0.2) is 0 Å². The van der Waals surface area contributed by atoms with Gasteiger partial charge in [-0.05, 0) is 59.2 Å². The lowest BCUT2D eigenvalue weighted by Gasteiger charge is -2.45. The van der Waals surface area contributed by atoms with Crippen molar-refractivity contribution >= 4 is 0 Å². The molecule has 0 aromatic heterocycles. The molecule has 10 atom stereocenters. The summed E-state index contributed by atoms with van der Waals surface area (Å²) in [5.41, 5.74) is 0. The number of fused-ring (bicyclic) bond motifs is 1. The van der Waals surface area contributed by atoms with E-state index in [0.29, 0.717) is 0 Å². The van der Waals surface area contributed by atoms with Gasteiger partial charge in [0.25, 0.3) is 0 Å². The molecule has 0 aliphatic heterocycles. The third kappa shape index (κ3) is 0.300. The highest BCUT2D eigenvalue weighted by molar-refractivity contribution is 5.36. The Morgan fingerprint density at radius 2 is 0.667 bits per heavy atom. The van der Waals surface area contributed by atoms with E-state index in [1.54, 1.807) is 0 Å². The van der Waals surface area contributed by atoms with Crippen molar-refractivity contribution in [3.05, 3.63) is 0 Å². The maximum atomic E-state index is 2.55. The molecule has 6 rings (SSSR count). The molecular formula is C12H16. The Morgan fingerprint density at radius 1 is 0.417 bits per heavy atom. The van der Waals surface area contributed by atoms with E-state index in [1.165, 1.54) is 47.3 Å². The van der Waals surface area contributed by atoms with Crippen LogP contribution in [0.5, 0.6) is 0 Å². The van der Waals surface area contributed by atoms with Gasteiger partial charge in [0.2, 0.25) is 0 Å². The SMILES string of the molecule is C[C@@H]1C2[C@H]3C4C5[C@H]2[C@@H]5C([C@@H]43)[C@H]1C. The number of rotatable bonds is 0. The smallest absolute Gasteiger partial charge is 0.0312 e. The molecule has 6 aliphatic rings. The van der Waals surface area contributed by atoms with Gasteiger partial charge in [0, 0.05) is 0 Å². The van der Waals surface area contributed by atoms with Crippen LogP contribution in [0.3, 0.4) is 0 Å². The largest absolute Gasteiger partial charge is 0.0620 e. The molecule has 0 saturated heterocycles. The molecule has 0 nitrogen and oxygen atoms in total. The van der Waals surface area contributed by atoms with Crippen LogP contribution in [0.25, 0.3) is 0 Å². The lowest BCUT2D eigenvalue weighted by Crippen LogP contribution is -2.41. The molecule has 0 heteroatoms. The lowest BCUT2D eigenvalue weighted by atomic mass is 9.60. The second kappa shape index (κ2) is 1.22. The Hall–Kier alpha value is 0. The van der Waals surface area contributed by atoms with Gasteiger partial charge in [-0.25, -0.2) is 0 Å². The Morgan fingerprint density at radius 3 is 1.00 bits per heavy atom. The first-order valence-electron chi connectivity index (χ1n) is 5.82. The number of hydrogen-bond donors (Lipinski definition) is 0. The van der Waals surface area contributed by atoms with Crippen LogP contribution in [0.4, 0.5) is 0 Å². The summed E-state index contributed by atoms with van der Waals surface area (Å²) in [6, 6.07) is 0. The Labute approximate surface area is 73.7 Å². The van der Waals surface area contributed by atoms with Crippen molar-refractivity contribution in [2.75, 3.05) is 0 Å². The molecule has 0 heterocycles. The number of hydrogen-bond acceptors (Lipinski definition) is 0. The Kier molecular flexibility index (Phi) is 0.578. The third-order valence-electron chi connectivity index (χ3n) is 6.65. The molecule has 0 radical (unpaired) electrons. The second-order valence-corrected chi connectivity index (χ2v) is 6.34. The van der Waals surface area contributed by atoms with Crippen molar-refractivity contribution in [2.45, 2.75) is 13.8 Å². The third-order valence-corrected chi connectivity index (χ3v) is 6.65. The average Bonchev–Trinajstić information content (AvgIpc) is 2.88. The van der Waals surface area contributed by atoms with Crippen LogP contribution in [0, 0.1) is 59.2 Å². The van der Waals surface area contributed by atoms with Crippen molar-refractivity contribution in [3.63, 3.8) is 0 Å². The van der Waals surface area contributed by atoms with E-state index in [1.807, 2.05) is 0 Å². The van der Waals surface area contributed by atoms with E-state index >= 15 is 0 Å². The molecule has 0 aromatic carbocycles. The monoisotopic (exact) mass is 160 g/mol. The van der Waals surface area contributed by atoms with Crippen LogP contribution in [-0.2, 0) is 0 Å². The molecule has 6 aliphatic carbocycles. The maximum Gasteiger partial charge on any atom is -0.0312 e. The molecule has 6 saturated carbocycles. The van der Waals surface area contributed by atoms with Gasteiger partial charge in [0.1, 0.15) is 0 Å². The first-order chi connectivity index (χ1) is 5.82. The second-order valence-electron chi connectivity index (χ2n) is 6.34. The highest BCUT2D eigenvalue weighted by Gasteiger charge is 2.89. The van der Waals surface area contributed by atoms with Gasteiger partial charge in [0.15, 0.2) is 0 Å². The zero-order valence-electron chi connectivity index (χ0n) is 7.77. The topological polar surface area (TPSA) is 0 Å². The normalized spacial score (nSPS) is 90.5. The zero-order valence-corrected chi connectivity index (χ0v) is 7.77. The summed E-state index contributed by atoms with van der Waals surface area (Å²) in [4.78, 5) is 0. The van der Waals surface area contributed by atoms with E-state index in [-0.39, 0.29) is 0 Å². The van der Waals surface area contributed by atoms with Crippen LogP contribution < -0.4 is 0 Å². The lowest BCUT2D eigenvalue weighted by molar-refractivity contribution is 0.0239. The first-order valence-corrected chi connectivity index (χ1v) is 5.82. The minimum Gasteiger partial charge on any atom is -0.0620 e. The van der Waals surface area contributed by atoms with Crippen LogP contribution in [0.2, 0.25) is 0 Å². The summed E-state index contributed by atoms with van der Waals surface area (Å²) < 4.78 is 0. The molecule has 64 valence electrons. The minimum atomic E-state index is 1.09. The van der Waals surface area contributed by atoms with Gasteiger partial charge in [-0.15, -0.1) is 0 Å². The molecule has 0 aromatic rings. The summed E-state index contributed by atoms with van der Waals surface area (Å²) in [7, 11) is 0. The highest BCUT2D eigenvalue weighted by Crippen LogP contribution is 2.93. The minimum absolute atomic E-state index is 1.09. The standard InChI is InChI=1S/C12H16/c1-3-4(2)6-9-7-5(3)8-10(6)12(8)11(7)9/h3-12H,1-2H3/t3-,4-,5?,6?,7-,8+,9+,10+,11?,12?/m0/s1. The maximum absolute atomic E-state index is 2.55. The van der Waals surface area contributed by atoms with Gasteiger partial charge in [-0.1, -0.05) is 13.8 Å². The molecule has 0 spiro atoms. The zero-order chi connectivity index (χ0) is 7.77. The summed E-state index contributed by atoms with van der Waals surface area (Å²) in [6.07, 6.45) is 0. The summed E-state index contributed by atoms with van der Waals surface area (Å²) in [6.45, 7) is 5.09. The van der Waals surface area contributed by atoms with Crippen LogP contribution in [0.1, 0.15) is 13.8 Å².